The number of hydrogen-bond donors (Lipinski definition) is 0. The Morgan fingerprint density at radius 2 is 1.39 bits per heavy atom. The molecule has 61 heavy (non-hydrogen) atoms. The lowest BCUT2D eigenvalue weighted by Gasteiger charge is -2.49. The van der Waals surface area contributed by atoms with Crippen LogP contribution < -0.4 is 4.74 Å². The van der Waals surface area contributed by atoms with Gasteiger partial charge >= 0.3 is 6.09 Å². The van der Waals surface area contributed by atoms with Crippen molar-refractivity contribution in [3.8, 4) is 5.75 Å². The molecule has 0 bridgehead atoms. The summed E-state index contributed by atoms with van der Waals surface area (Å²) in [5, 5.41) is 1.78. The monoisotopic (exact) mass is 855 g/mol. The first kappa shape index (κ1) is 44.9. The summed E-state index contributed by atoms with van der Waals surface area (Å²) < 4.78 is 60.1. The van der Waals surface area contributed by atoms with Gasteiger partial charge in [0.15, 0.2) is 33.1 Å². The summed E-state index contributed by atoms with van der Waals surface area (Å²) in [5.74, 6) is 0.440. The molecule has 3 aliphatic heterocycles. The van der Waals surface area contributed by atoms with E-state index >= 15 is 0 Å². The third-order valence-electron chi connectivity index (χ3n) is 13.1. The number of methoxy groups -OCH3 is 1. The minimum Gasteiger partial charge on any atom is -0.482 e. The van der Waals surface area contributed by atoms with E-state index in [1.54, 1.807) is 0 Å². The van der Waals surface area contributed by atoms with Crippen LogP contribution in [0, 0.1) is 5.92 Å². The highest BCUT2D eigenvalue weighted by Crippen LogP contribution is 2.46. The van der Waals surface area contributed by atoms with E-state index in [1.165, 1.54) is 14.0 Å². The molecule has 2 amide bonds. The maximum atomic E-state index is 13.5. The fraction of sp³-hybridized carbons (Fsp3) is 0.500. The van der Waals surface area contributed by atoms with Crippen molar-refractivity contribution < 1.29 is 51.9 Å². The van der Waals surface area contributed by atoms with Crippen molar-refractivity contribution in [2.45, 2.75) is 134 Å². The van der Waals surface area contributed by atoms with Crippen LogP contribution in [0.2, 0.25) is 18.1 Å². The van der Waals surface area contributed by atoms with Crippen molar-refractivity contribution in [1.29, 1.82) is 0 Å². The number of fused-ring (bicyclic) bond motifs is 2. The van der Waals surface area contributed by atoms with E-state index in [2.05, 4.69) is 40.8 Å². The van der Waals surface area contributed by atoms with Crippen molar-refractivity contribution in [3.63, 3.8) is 0 Å². The predicted molar refractivity (Wildman–Crippen MR) is 232 cm³/mol. The number of ether oxygens (including phenoxy) is 8. The van der Waals surface area contributed by atoms with Gasteiger partial charge in [0, 0.05) is 19.4 Å². The maximum Gasteiger partial charge on any atom is 0.417 e. The average Bonchev–Trinajstić information content (AvgIpc) is 3.61. The number of hydrogen-bond acceptors (Lipinski definition) is 11. The Balaban J connectivity index is 1.29. The van der Waals surface area contributed by atoms with Gasteiger partial charge in [0.25, 0.3) is 0 Å². The lowest BCUT2D eigenvalue weighted by Crippen LogP contribution is -2.66. The Hall–Kier alpha value is -4.18. The molecule has 0 spiro atoms. The summed E-state index contributed by atoms with van der Waals surface area (Å²) in [6.45, 7) is 17.2. The zero-order chi connectivity index (χ0) is 43.5. The van der Waals surface area contributed by atoms with Gasteiger partial charge in [-0.15, -0.1) is 0 Å². The fourth-order valence-electron chi connectivity index (χ4n) is 8.36. The second kappa shape index (κ2) is 19.1. The molecule has 7 rings (SSSR count). The number of imide groups is 1. The van der Waals surface area contributed by atoms with Crippen molar-refractivity contribution in [3.05, 3.63) is 114 Å². The minimum absolute atomic E-state index is 0.106. The third kappa shape index (κ3) is 9.59. The molecular formula is C48H61NO11Si. The highest BCUT2D eigenvalue weighted by molar-refractivity contribution is 6.74. The molecule has 0 radical (unpaired) electrons. The first-order chi connectivity index (χ1) is 29.2. The van der Waals surface area contributed by atoms with Crippen molar-refractivity contribution >= 4 is 31.1 Å². The number of amides is 2. The summed E-state index contributed by atoms with van der Waals surface area (Å²) in [6.07, 6.45) is -8.60. The molecular weight excluding hydrogens is 795 g/mol. The number of nitrogens with zero attached hydrogens (tertiary/aromatic N) is 1. The van der Waals surface area contributed by atoms with Crippen molar-refractivity contribution in [2.24, 2.45) is 5.92 Å². The first-order valence-corrected chi connectivity index (χ1v) is 24.2. The van der Waals surface area contributed by atoms with Gasteiger partial charge in [-0.05, 0) is 53.6 Å². The summed E-state index contributed by atoms with van der Waals surface area (Å²) in [5.41, 5.74) is 1.96. The quantitative estimate of drug-likeness (QED) is 0.101. The van der Waals surface area contributed by atoms with E-state index in [4.69, 9.17) is 42.3 Å². The predicted octanol–water partition coefficient (Wildman–Crippen LogP) is 8.65. The van der Waals surface area contributed by atoms with E-state index in [-0.39, 0.29) is 18.3 Å². The van der Waals surface area contributed by atoms with Crippen LogP contribution in [0.3, 0.4) is 0 Å². The molecule has 3 aliphatic rings. The topological polar surface area (TPSA) is 120 Å². The zero-order valence-electron chi connectivity index (χ0n) is 36.7. The number of rotatable bonds is 16. The van der Waals surface area contributed by atoms with Gasteiger partial charge in [0.05, 0.1) is 25.9 Å². The van der Waals surface area contributed by atoms with Crippen LogP contribution in [-0.4, -0.2) is 100 Å². The molecule has 13 heteroatoms. The van der Waals surface area contributed by atoms with E-state index in [1.807, 2.05) is 110 Å². The van der Waals surface area contributed by atoms with E-state index in [0.717, 1.165) is 26.8 Å². The van der Waals surface area contributed by atoms with Crippen LogP contribution in [0.15, 0.2) is 103 Å². The number of carbonyl (C=O) groups is 2. The standard InChI is InChI=1S/C48H61NO11Si/c1-30(2)48(5,6)61(8,9)55-29-38-41(42-39(45(52-7)58-38)49(32(4)50)47(51)60-42)59-46-44(57-37-26-18-24-35-23-16-17-25-36(35)37)43(54-28-34-21-14-11-15-22-34)40(31(3)56-46)53-27-33-19-12-10-13-20-33/h10-26,30-31,38-46H,27-29H2,1-9H3/t31-,38+,39+,40-,41+,42+,43+,44+,45+,46-/m0/s1. The molecule has 3 heterocycles. The molecule has 0 aliphatic carbocycles. The molecule has 12 nitrogen and oxygen atoms in total. The van der Waals surface area contributed by atoms with E-state index in [9.17, 15) is 9.59 Å². The smallest absolute Gasteiger partial charge is 0.417 e. The van der Waals surface area contributed by atoms with Gasteiger partial charge in [-0.3, -0.25) is 4.79 Å². The zero-order valence-corrected chi connectivity index (χ0v) is 37.7. The van der Waals surface area contributed by atoms with Gasteiger partial charge < -0.3 is 42.3 Å². The van der Waals surface area contributed by atoms with Crippen molar-refractivity contribution in [2.75, 3.05) is 13.7 Å². The van der Waals surface area contributed by atoms with Crippen LogP contribution in [0.5, 0.6) is 5.75 Å². The van der Waals surface area contributed by atoms with Gasteiger partial charge in [-0.2, -0.15) is 0 Å². The molecule has 4 aromatic rings. The molecule has 3 saturated heterocycles. The molecule has 3 fully saturated rings. The largest absolute Gasteiger partial charge is 0.482 e. The highest BCUT2D eigenvalue weighted by atomic mass is 28.4. The Bertz CT molecular complexity index is 2080. The van der Waals surface area contributed by atoms with Crippen LogP contribution in [-0.2, 0) is 55.6 Å². The van der Waals surface area contributed by atoms with Crippen molar-refractivity contribution in [1.82, 2.24) is 4.90 Å². The van der Waals surface area contributed by atoms with Crippen LogP contribution in [0.25, 0.3) is 10.8 Å². The SMILES string of the molecule is CO[C@@H]1O[C@H](CO[Si](C)(C)C(C)(C)C(C)C)[C@@H](O[C@@H]2O[C@@H](C)[C@H](OCc3ccccc3)[C@@H](OCc3ccccc3)[C@H]2Oc2cccc3ccccc23)[C@@H]2OC(=O)N(C(C)=O)[C@@H]12. The highest BCUT2D eigenvalue weighted by Gasteiger charge is 2.61. The summed E-state index contributed by atoms with van der Waals surface area (Å²) in [4.78, 5) is 27.5. The molecule has 0 N–H and O–H groups in total. The summed E-state index contributed by atoms with van der Waals surface area (Å²) in [6, 6.07) is 32.8. The van der Waals surface area contributed by atoms with E-state index in [0.29, 0.717) is 18.3 Å². The Labute approximate surface area is 360 Å². The summed E-state index contributed by atoms with van der Waals surface area (Å²) in [7, 11) is -0.935. The Morgan fingerprint density at radius 1 is 0.787 bits per heavy atom. The molecule has 0 aromatic heterocycles. The molecule has 4 aromatic carbocycles. The van der Waals surface area contributed by atoms with Gasteiger partial charge in [0.2, 0.25) is 5.91 Å². The van der Waals surface area contributed by atoms with Gasteiger partial charge in [-0.25, -0.2) is 9.69 Å². The van der Waals surface area contributed by atoms with Crippen LogP contribution >= 0.6 is 0 Å². The van der Waals surface area contributed by atoms with Crippen LogP contribution in [0.4, 0.5) is 4.79 Å². The lowest BCUT2D eigenvalue weighted by atomic mass is 9.95. The normalized spacial score (nSPS) is 28.2. The second-order valence-electron chi connectivity index (χ2n) is 17.6. The Kier molecular flexibility index (Phi) is 14.0. The molecule has 10 atom stereocenters. The third-order valence-corrected chi connectivity index (χ3v) is 17.7. The molecule has 328 valence electrons. The Morgan fingerprint density at radius 3 is 2.02 bits per heavy atom. The lowest BCUT2D eigenvalue weighted by molar-refractivity contribution is -0.344. The molecule has 0 saturated carbocycles. The minimum atomic E-state index is -2.41. The van der Waals surface area contributed by atoms with E-state index < -0.39 is 81.7 Å². The summed E-state index contributed by atoms with van der Waals surface area (Å²) >= 11 is 0. The number of carbonyl (C=O) groups excluding carboxylic acids is 2. The van der Waals surface area contributed by atoms with Gasteiger partial charge in [0.1, 0.15) is 36.2 Å². The average molecular weight is 856 g/mol. The van der Waals surface area contributed by atoms with Gasteiger partial charge in [-0.1, -0.05) is 125 Å². The molecule has 0 unspecified atom stereocenters. The maximum absolute atomic E-state index is 13.5. The number of benzene rings is 4. The van der Waals surface area contributed by atoms with Crippen LogP contribution in [0.1, 0.15) is 52.7 Å². The second-order valence-corrected chi connectivity index (χ2v) is 22.2. The first-order valence-electron chi connectivity index (χ1n) is 21.3. The fourth-order valence-corrected chi connectivity index (χ4v) is 10.7.